The van der Waals surface area contributed by atoms with Gasteiger partial charge in [-0.15, -0.1) is 0 Å². The molecule has 0 saturated carbocycles. The maximum absolute atomic E-state index is 14.9. The Balaban J connectivity index is 1.59. The number of amides is 9. The van der Waals surface area contributed by atoms with Gasteiger partial charge in [-0.2, -0.15) is 0 Å². The number of piperidine rings is 1. The SMILES string of the molecule is CC[C@H](C)[C@@H]1NC(=O)[C@H](Cc2ccccc2)N(C)C(=O)[C@H]([C@@H](C)O)N2C(=O)C(CCC2O)NC(=O)[C@H](Cc2ccc(O)cc2)NC(=O)[C@@H](NC(=O)[C@H](CCC(N)=O)NC(=O)[C@@H](NC(=O)C(O)Cc2ccc(O)cc2)[C@@H](C)O)[C@@H](C)OC1=O. The first-order valence-electron chi connectivity index (χ1n) is 26.9. The molecular formula is C56H75N9O17. The number of phenols is 2. The van der Waals surface area contributed by atoms with Gasteiger partial charge in [0, 0.05) is 32.7 Å². The first-order valence-corrected chi connectivity index (χ1v) is 26.9. The molecule has 0 spiro atoms. The van der Waals surface area contributed by atoms with E-state index in [4.69, 9.17) is 10.5 Å². The van der Waals surface area contributed by atoms with Crippen molar-refractivity contribution in [2.24, 2.45) is 11.7 Å². The molecule has 3 aromatic carbocycles. The summed E-state index contributed by atoms with van der Waals surface area (Å²) >= 11 is 0. The third-order valence-electron chi connectivity index (χ3n) is 14.5. The van der Waals surface area contributed by atoms with Crippen molar-refractivity contribution in [2.75, 3.05) is 7.05 Å². The number of fused-ring (bicyclic) bond motifs is 2. The zero-order valence-electron chi connectivity index (χ0n) is 46.4. The average Bonchev–Trinajstić information content (AvgIpc) is 3.52. The Hall–Kier alpha value is -8.20. The minimum Gasteiger partial charge on any atom is -0.508 e. The number of carbonyl (C=O) groups is 10. The van der Waals surface area contributed by atoms with Crippen molar-refractivity contribution in [3.8, 4) is 11.5 Å². The number of primary amides is 1. The maximum atomic E-state index is 14.9. The molecule has 26 nitrogen and oxygen atoms in total. The first-order chi connectivity index (χ1) is 38.7. The van der Waals surface area contributed by atoms with Gasteiger partial charge in [0.15, 0.2) is 0 Å². The Kier molecular flexibility index (Phi) is 23.2. The molecule has 2 bridgehead atoms. The Bertz CT molecular complexity index is 2750. The van der Waals surface area contributed by atoms with E-state index >= 15 is 0 Å². The molecule has 2 aliphatic rings. The number of rotatable bonds is 19. The van der Waals surface area contributed by atoms with Crippen LogP contribution in [0.15, 0.2) is 78.9 Å². The third-order valence-corrected chi connectivity index (χ3v) is 14.5. The van der Waals surface area contributed by atoms with Gasteiger partial charge < -0.3 is 82.8 Å². The Morgan fingerprint density at radius 1 is 0.732 bits per heavy atom. The molecule has 26 heteroatoms. The number of aliphatic hydroxyl groups excluding tert-OH is 4. The number of hydrogen-bond acceptors (Lipinski definition) is 17. The summed E-state index contributed by atoms with van der Waals surface area (Å²) in [5.74, 6) is -11.8. The van der Waals surface area contributed by atoms with Gasteiger partial charge in [0.2, 0.25) is 53.2 Å². The van der Waals surface area contributed by atoms with E-state index in [0.29, 0.717) is 16.7 Å². The highest BCUT2D eigenvalue weighted by Crippen LogP contribution is 2.25. The third kappa shape index (κ3) is 17.4. The predicted molar refractivity (Wildman–Crippen MR) is 291 cm³/mol. The number of aromatic hydroxyl groups is 2. The zero-order valence-corrected chi connectivity index (χ0v) is 46.4. The number of likely N-dealkylation sites (N-methyl/N-ethyl adjacent to an activating group) is 1. The Morgan fingerprint density at radius 3 is 1.90 bits per heavy atom. The van der Waals surface area contributed by atoms with E-state index < -0.39 is 157 Å². The highest BCUT2D eigenvalue weighted by atomic mass is 16.5. The second-order valence-electron chi connectivity index (χ2n) is 20.8. The molecule has 2 heterocycles. The summed E-state index contributed by atoms with van der Waals surface area (Å²) < 4.78 is 5.92. The van der Waals surface area contributed by atoms with Gasteiger partial charge in [-0.25, -0.2) is 4.79 Å². The molecule has 14 N–H and O–H groups in total. The van der Waals surface area contributed by atoms with Crippen LogP contribution in [0.1, 0.15) is 83.4 Å². The summed E-state index contributed by atoms with van der Waals surface area (Å²) in [6.07, 6.45) is -10.7. The monoisotopic (exact) mass is 1150 g/mol. The summed E-state index contributed by atoms with van der Waals surface area (Å²) in [6, 6.07) is 5.69. The lowest BCUT2D eigenvalue weighted by Gasteiger charge is -2.43. The van der Waals surface area contributed by atoms with Crippen molar-refractivity contribution in [2.45, 2.75) is 165 Å². The Labute approximate surface area is 473 Å². The Morgan fingerprint density at radius 2 is 1.33 bits per heavy atom. The molecule has 0 aliphatic carbocycles. The van der Waals surface area contributed by atoms with Gasteiger partial charge in [0.1, 0.15) is 78.3 Å². The van der Waals surface area contributed by atoms with Crippen molar-refractivity contribution >= 4 is 59.1 Å². The highest BCUT2D eigenvalue weighted by Gasteiger charge is 2.47. The molecule has 82 heavy (non-hydrogen) atoms. The van der Waals surface area contributed by atoms with Crippen LogP contribution in [-0.2, 0) is 71.9 Å². The van der Waals surface area contributed by atoms with E-state index in [1.807, 2.05) is 0 Å². The summed E-state index contributed by atoms with van der Waals surface area (Å²) in [5, 5.41) is 78.5. The number of nitrogens with zero attached hydrogens (tertiary/aromatic N) is 2. The van der Waals surface area contributed by atoms with Gasteiger partial charge in [-0.3, -0.25) is 43.2 Å². The van der Waals surface area contributed by atoms with E-state index in [1.165, 1.54) is 69.4 Å². The van der Waals surface area contributed by atoms with Crippen LogP contribution in [-0.4, -0.2) is 186 Å². The van der Waals surface area contributed by atoms with Gasteiger partial charge in [-0.1, -0.05) is 74.9 Å². The summed E-state index contributed by atoms with van der Waals surface area (Å²) in [4.78, 5) is 144. The molecule has 2 aliphatic heterocycles. The summed E-state index contributed by atoms with van der Waals surface area (Å²) in [6.45, 7) is 6.81. The van der Waals surface area contributed by atoms with Crippen molar-refractivity contribution in [1.29, 1.82) is 0 Å². The molecule has 0 radical (unpaired) electrons. The van der Waals surface area contributed by atoms with Crippen LogP contribution in [0.5, 0.6) is 11.5 Å². The molecule has 3 aromatic rings. The van der Waals surface area contributed by atoms with Crippen molar-refractivity contribution in [3.05, 3.63) is 95.6 Å². The lowest BCUT2D eigenvalue weighted by atomic mass is 9.96. The number of aliphatic hydroxyl groups is 4. The molecule has 9 amide bonds. The molecule has 0 aromatic heterocycles. The van der Waals surface area contributed by atoms with E-state index in [0.717, 1.165) is 16.7 Å². The van der Waals surface area contributed by atoms with Crippen LogP contribution >= 0.6 is 0 Å². The van der Waals surface area contributed by atoms with Gasteiger partial charge >= 0.3 is 5.97 Å². The number of carbonyl (C=O) groups excluding carboxylic acids is 10. The molecule has 2 fully saturated rings. The van der Waals surface area contributed by atoms with Crippen molar-refractivity contribution < 1.29 is 83.3 Å². The number of cyclic esters (lactones) is 1. The maximum Gasteiger partial charge on any atom is 0.329 e. The minimum atomic E-state index is -2.03. The standard InChI is InChI=1S/C56H75N9O17/c1-7-28(2)44-56(81)82-31(5)46(63-48(73)37(21-23-42(57)71)58-52(77)45(29(3)66)62-51(76)41(70)27-34-15-19-36(69)20-16-34)53(78)60-39(25-33-13-17-35(68)18-14-33)49(74)59-38-22-24-43(72)65(54(38)79)47(30(4)67)55(80)64(6)40(50(75)61-44)26-32-11-9-8-10-12-32/h8-20,28-31,37-41,43-47,66-70,72H,7,21-27H2,1-6H3,(H2,57,71)(H,58,77)(H,59,74)(H,60,78)(H,61,75)(H,62,76)(H,63,73)/t28-,29+,30+,31+,37-,38?,39-,40-,41?,43?,44-,45-,46-,47-/m0/s1. The number of phenolic OH excluding ortho intramolecular Hbond substituents is 2. The number of nitrogens with one attached hydrogen (secondary N) is 6. The normalized spacial score (nSPS) is 24.5. The second-order valence-corrected chi connectivity index (χ2v) is 20.8. The molecule has 3 unspecified atom stereocenters. The average molecular weight is 1150 g/mol. The largest absolute Gasteiger partial charge is 0.508 e. The van der Waals surface area contributed by atoms with Crippen molar-refractivity contribution in [3.63, 3.8) is 0 Å². The molecule has 446 valence electrons. The first kappa shape index (κ1) is 64.6. The fourth-order valence-electron chi connectivity index (χ4n) is 9.45. The number of ether oxygens (including phenoxy) is 1. The zero-order chi connectivity index (χ0) is 60.7. The van der Waals surface area contributed by atoms with Crippen LogP contribution in [0, 0.1) is 5.92 Å². The molecule has 14 atom stereocenters. The quantitative estimate of drug-likeness (QED) is 0.0554. The van der Waals surface area contributed by atoms with E-state index in [9.17, 15) is 78.6 Å². The minimum absolute atomic E-state index is 0.0759. The lowest BCUT2D eigenvalue weighted by Crippen LogP contribution is -2.67. The van der Waals surface area contributed by atoms with E-state index in [-0.39, 0.29) is 50.0 Å². The number of benzene rings is 3. The van der Waals surface area contributed by atoms with E-state index in [1.54, 1.807) is 44.2 Å². The van der Waals surface area contributed by atoms with Crippen molar-refractivity contribution in [1.82, 2.24) is 41.7 Å². The van der Waals surface area contributed by atoms with Gasteiger partial charge in [0.05, 0.1) is 12.2 Å². The molecular weight excluding hydrogens is 1070 g/mol. The van der Waals surface area contributed by atoms with Crippen LogP contribution < -0.4 is 37.6 Å². The lowest BCUT2D eigenvalue weighted by molar-refractivity contribution is -0.170. The van der Waals surface area contributed by atoms with Crippen LogP contribution in [0.3, 0.4) is 0 Å². The molecule has 5 rings (SSSR count). The fraction of sp³-hybridized carbons (Fsp3) is 0.500. The number of nitrogens with two attached hydrogens (primary N) is 1. The van der Waals surface area contributed by atoms with Gasteiger partial charge in [-0.05, 0) is 86.9 Å². The molecule has 2 saturated heterocycles. The summed E-state index contributed by atoms with van der Waals surface area (Å²) in [5.41, 5.74) is 6.76. The number of hydrogen-bond donors (Lipinski definition) is 13. The second kappa shape index (κ2) is 29.5. The number of esters is 1. The predicted octanol–water partition coefficient (Wildman–Crippen LogP) is -2.45. The van der Waals surface area contributed by atoms with Crippen LogP contribution in [0.2, 0.25) is 0 Å². The smallest absolute Gasteiger partial charge is 0.329 e. The highest BCUT2D eigenvalue weighted by molar-refractivity contribution is 5.99. The van der Waals surface area contributed by atoms with Crippen LogP contribution in [0.25, 0.3) is 0 Å². The topological polar surface area (TPSA) is 406 Å². The fourth-order valence-corrected chi connectivity index (χ4v) is 9.45. The summed E-state index contributed by atoms with van der Waals surface area (Å²) in [7, 11) is 1.25. The van der Waals surface area contributed by atoms with Gasteiger partial charge in [0.25, 0.3) is 0 Å². The van der Waals surface area contributed by atoms with E-state index in [2.05, 4.69) is 31.9 Å². The van der Waals surface area contributed by atoms with Crippen LogP contribution in [0.4, 0.5) is 0 Å².